The van der Waals surface area contributed by atoms with Gasteiger partial charge in [0.15, 0.2) is 0 Å². The number of nitrogens with zero attached hydrogens (tertiary/aromatic N) is 2. The molecular formula is C13H18N3O2+. The van der Waals surface area contributed by atoms with Crippen LogP contribution in [0.2, 0.25) is 0 Å². The van der Waals surface area contributed by atoms with E-state index in [1.165, 1.54) is 6.07 Å². The highest BCUT2D eigenvalue weighted by Gasteiger charge is 2.03. The number of aromatic hydroxyl groups is 1. The highest BCUT2D eigenvalue weighted by Crippen LogP contribution is 2.25. The molecule has 0 unspecified atom stereocenters. The molecular weight excluding hydrogens is 230 g/mol. The van der Waals surface area contributed by atoms with Crippen molar-refractivity contribution >= 4 is 5.69 Å². The number of phenolic OH excluding ortho intramolecular Hbond substituents is 1. The first-order valence-electron chi connectivity index (χ1n) is 5.87. The number of phenols is 1. The molecule has 0 aliphatic carbocycles. The summed E-state index contributed by atoms with van der Waals surface area (Å²) in [5.41, 5.74) is 6.28. The second-order valence-corrected chi connectivity index (χ2v) is 4.24. The van der Waals surface area contributed by atoms with E-state index in [4.69, 9.17) is 10.5 Å². The number of imidazole rings is 1. The van der Waals surface area contributed by atoms with Crippen molar-refractivity contribution < 1.29 is 14.4 Å². The molecule has 0 saturated carbocycles. The zero-order chi connectivity index (χ0) is 13.0. The summed E-state index contributed by atoms with van der Waals surface area (Å²) in [5, 5.41) is 9.33. The van der Waals surface area contributed by atoms with Crippen LogP contribution in [0.4, 0.5) is 5.69 Å². The standard InChI is InChI=1S/C13H17N3O2/c1-15-6-7-16(10-15)5-2-8-18-13-9-11(17)3-4-12(13)14/h3-4,6-7,9-10H,2,5,8,14H2,1H3/p+1. The monoisotopic (exact) mass is 248 g/mol. The number of aromatic nitrogens is 2. The molecule has 2 aromatic rings. The van der Waals surface area contributed by atoms with Crippen LogP contribution < -0.4 is 15.0 Å². The number of nitrogen functional groups attached to an aromatic ring is 1. The number of anilines is 1. The molecule has 1 aromatic carbocycles. The van der Waals surface area contributed by atoms with Gasteiger partial charge in [-0.25, -0.2) is 9.13 Å². The van der Waals surface area contributed by atoms with Crippen molar-refractivity contribution in [1.29, 1.82) is 0 Å². The summed E-state index contributed by atoms with van der Waals surface area (Å²) in [7, 11) is 1.99. The first-order valence-corrected chi connectivity index (χ1v) is 5.87. The van der Waals surface area contributed by atoms with Gasteiger partial charge in [-0.1, -0.05) is 0 Å². The average Bonchev–Trinajstić information content (AvgIpc) is 2.75. The lowest BCUT2D eigenvalue weighted by Crippen LogP contribution is -2.23. The van der Waals surface area contributed by atoms with E-state index in [-0.39, 0.29) is 5.75 Å². The molecule has 2 rings (SSSR count). The van der Waals surface area contributed by atoms with Gasteiger partial charge in [-0.15, -0.1) is 0 Å². The van der Waals surface area contributed by atoms with E-state index in [1.807, 2.05) is 30.3 Å². The minimum atomic E-state index is 0.164. The third kappa shape index (κ3) is 3.16. The molecule has 0 amide bonds. The Bertz CT molecular complexity index is 523. The van der Waals surface area contributed by atoms with Gasteiger partial charge >= 0.3 is 0 Å². The van der Waals surface area contributed by atoms with Crippen LogP contribution in [0.1, 0.15) is 6.42 Å². The first kappa shape index (κ1) is 12.3. The predicted octanol–water partition coefficient (Wildman–Crippen LogP) is 1.07. The van der Waals surface area contributed by atoms with Gasteiger partial charge in [0.2, 0.25) is 6.33 Å². The van der Waals surface area contributed by atoms with Crippen LogP contribution in [0.5, 0.6) is 11.5 Å². The van der Waals surface area contributed by atoms with Gasteiger partial charge in [-0.3, -0.25) is 0 Å². The summed E-state index contributed by atoms with van der Waals surface area (Å²) in [6.45, 7) is 1.45. The summed E-state index contributed by atoms with van der Waals surface area (Å²) in [4.78, 5) is 0. The van der Waals surface area contributed by atoms with Gasteiger partial charge in [0.1, 0.15) is 23.9 Å². The van der Waals surface area contributed by atoms with E-state index in [9.17, 15) is 5.11 Å². The Labute approximate surface area is 106 Å². The summed E-state index contributed by atoms with van der Waals surface area (Å²) in [5.74, 6) is 0.699. The van der Waals surface area contributed by atoms with Crippen LogP contribution in [0.25, 0.3) is 0 Å². The van der Waals surface area contributed by atoms with E-state index in [0.29, 0.717) is 18.0 Å². The molecule has 0 aliphatic heterocycles. The normalized spacial score (nSPS) is 10.5. The maximum atomic E-state index is 9.33. The molecule has 5 heteroatoms. The molecule has 96 valence electrons. The van der Waals surface area contributed by atoms with E-state index < -0.39 is 0 Å². The zero-order valence-corrected chi connectivity index (χ0v) is 10.4. The molecule has 5 nitrogen and oxygen atoms in total. The second-order valence-electron chi connectivity index (χ2n) is 4.24. The second kappa shape index (κ2) is 5.44. The van der Waals surface area contributed by atoms with E-state index in [0.717, 1.165) is 13.0 Å². The van der Waals surface area contributed by atoms with Gasteiger partial charge < -0.3 is 15.6 Å². The highest BCUT2D eigenvalue weighted by molar-refractivity contribution is 5.55. The first-order chi connectivity index (χ1) is 8.65. The van der Waals surface area contributed by atoms with Crippen molar-refractivity contribution in [3.8, 4) is 11.5 Å². The van der Waals surface area contributed by atoms with Crippen LogP contribution >= 0.6 is 0 Å². The summed E-state index contributed by atoms with van der Waals surface area (Å²) < 4.78 is 9.63. The van der Waals surface area contributed by atoms with E-state index >= 15 is 0 Å². The Hall–Kier alpha value is -2.17. The van der Waals surface area contributed by atoms with Crippen LogP contribution in [-0.4, -0.2) is 16.3 Å². The largest absolute Gasteiger partial charge is 0.508 e. The molecule has 1 heterocycles. The minimum absolute atomic E-state index is 0.164. The van der Waals surface area contributed by atoms with Crippen molar-refractivity contribution in [2.75, 3.05) is 12.3 Å². The molecule has 0 spiro atoms. The maximum absolute atomic E-state index is 9.33. The molecule has 0 saturated heterocycles. The molecule has 1 aromatic heterocycles. The van der Waals surface area contributed by atoms with Gasteiger partial charge in [-0.05, 0) is 12.1 Å². The lowest BCUT2D eigenvalue weighted by atomic mass is 10.3. The van der Waals surface area contributed by atoms with Crippen molar-refractivity contribution in [2.45, 2.75) is 13.0 Å². The fourth-order valence-electron chi connectivity index (χ4n) is 1.71. The average molecular weight is 248 g/mol. The Morgan fingerprint density at radius 2 is 2.28 bits per heavy atom. The topological polar surface area (TPSA) is 64.3 Å². The molecule has 0 radical (unpaired) electrons. The number of benzene rings is 1. The lowest BCUT2D eigenvalue weighted by molar-refractivity contribution is -0.671. The van der Waals surface area contributed by atoms with Gasteiger partial charge in [-0.2, -0.15) is 0 Å². The predicted molar refractivity (Wildman–Crippen MR) is 68.2 cm³/mol. The number of hydrogen-bond donors (Lipinski definition) is 2. The van der Waals surface area contributed by atoms with E-state index in [1.54, 1.807) is 12.1 Å². The third-order valence-electron chi connectivity index (χ3n) is 2.64. The number of hydrogen-bond acceptors (Lipinski definition) is 3. The number of nitrogens with two attached hydrogens (primary N) is 1. The Morgan fingerprint density at radius 3 is 3.00 bits per heavy atom. The molecule has 18 heavy (non-hydrogen) atoms. The summed E-state index contributed by atoms with van der Waals surface area (Å²) in [6, 6.07) is 4.71. The SMILES string of the molecule is C[n+]1ccn(CCCOc2cc(O)ccc2N)c1. The third-order valence-corrected chi connectivity index (χ3v) is 2.64. The Morgan fingerprint density at radius 1 is 1.44 bits per heavy atom. The Balaban J connectivity index is 1.80. The van der Waals surface area contributed by atoms with Gasteiger partial charge in [0, 0.05) is 12.5 Å². The van der Waals surface area contributed by atoms with E-state index in [2.05, 4.69) is 4.57 Å². The van der Waals surface area contributed by atoms with Crippen LogP contribution in [0.15, 0.2) is 36.9 Å². The highest BCUT2D eigenvalue weighted by atomic mass is 16.5. The zero-order valence-electron chi connectivity index (χ0n) is 10.4. The van der Waals surface area contributed by atoms with Gasteiger partial charge in [0.05, 0.1) is 25.9 Å². The lowest BCUT2D eigenvalue weighted by Gasteiger charge is -2.08. The van der Waals surface area contributed by atoms with Crippen molar-refractivity contribution in [3.05, 3.63) is 36.9 Å². The maximum Gasteiger partial charge on any atom is 0.243 e. The molecule has 0 aliphatic rings. The molecule has 0 fully saturated rings. The fourth-order valence-corrected chi connectivity index (χ4v) is 1.71. The quantitative estimate of drug-likeness (QED) is 0.360. The number of rotatable bonds is 5. The minimum Gasteiger partial charge on any atom is -0.508 e. The van der Waals surface area contributed by atoms with Crippen LogP contribution in [0, 0.1) is 0 Å². The number of ether oxygens (including phenoxy) is 1. The smallest absolute Gasteiger partial charge is 0.243 e. The molecule has 0 atom stereocenters. The van der Waals surface area contributed by atoms with Crippen molar-refractivity contribution in [2.24, 2.45) is 7.05 Å². The summed E-state index contributed by atoms with van der Waals surface area (Å²) >= 11 is 0. The van der Waals surface area contributed by atoms with Crippen LogP contribution in [0.3, 0.4) is 0 Å². The summed E-state index contributed by atoms with van der Waals surface area (Å²) in [6.07, 6.45) is 6.91. The molecule has 3 N–H and O–H groups in total. The molecule has 0 bridgehead atoms. The van der Waals surface area contributed by atoms with Crippen molar-refractivity contribution in [3.63, 3.8) is 0 Å². The Kier molecular flexibility index (Phi) is 3.72. The van der Waals surface area contributed by atoms with Crippen LogP contribution in [-0.2, 0) is 13.6 Å². The van der Waals surface area contributed by atoms with Gasteiger partial charge in [0.25, 0.3) is 0 Å². The number of aryl methyl sites for hydroxylation is 2. The van der Waals surface area contributed by atoms with Crippen molar-refractivity contribution in [1.82, 2.24) is 4.57 Å². The fraction of sp³-hybridized carbons (Fsp3) is 0.308.